The summed E-state index contributed by atoms with van der Waals surface area (Å²) in [6.45, 7) is 2.76. The van der Waals surface area contributed by atoms with Crippen molar-refractivity contribution in [1.82, 2.24) is 14.8 Å². The molecular formula is C14H12BrN3. The smallest absolute Gasteiger partial charge is 0.158 e. The average molecular weight is 302 g/mol. The van der Waals surface area contributed by atoms with Gasteiger partial charge in [-0.05, 0) is 34.5 Å². The van der Waals surface area contributed by atoms with E-state index >= 15 is 0 Å². The SMILES string of the molecule is Cc1nn(Cc2ccccc2)c2ncc(Br)cc12. The van der Waals surface area contributed by atoms with Crippen LogP contribution in [0.5, 0.6) is 0 Å². The topological polar surface area (TPSA) is 30.7 Å². The highest BCUT2D eigenvalue weighted by atomic mass is 79.9. The van der Waals surface area contributed by atoms with Crippen molar-refractivity contribution in [2.75, 3.05) is 0 Å². The van der Waals surface area contributed by atoms with Gasteiger partial charge in [-0.3, -0.25) is 0 Å². The van der Waals surface area contributed by atoms with E-state index in [1.165, 1.54) is 5.56 Å². The molecule has 2 heterocycles. The first kappa shape index (κ1) is 11.4. The van der Waals surface area contributed by atoms with Gasteiger partial charge >= 0.3 is 0 Å². The minimum absolute atomic E-state index is 0.750. The molecule has 0 unspecified atom stereocenters. The number of aryl methyl sites for hydroxylation is 1. The largest absolute Gasteiger partial charge is 0.243 e. The van der Waals surface area contributed by atoms with Gasteiger partial charge in [0.1, 0.15) is 0 Å². The number of benzene rings is 1. The van der Waals surface area contributed by atoms with E-state index in [9.17, 15) is 0 Å². The van der Waals surface area contributed by atoms with Crippen LogP contribution in [0.25, 0.3) is 11.0 Å². The summed E-state index contributed by atoms with van der Waals surface area (Å²) in [6, 6.07) is 12.4. The second kappa shape index (κ2) is 4.53. The summed E-state index contributed by atoms with van der Waals surface area (Å²) >= 11 is 3.44. The molecule has 1 aromatic carbocycles. The van der Waals surface area contributed by atoms with E-state index in [4.69, 9.17) is 0 Å². The van der Waals surface area contributed by atoms with Crippen LogP contribution in [0.15, 0.2) is 47.1 Å². The van der Waals surface area contributed by atoms with Crippen molar-refractivity contribution in [1.29, 1.82) is 0 Å². The third-order valence-electron chi connectivity index (χ3n) is 2.91. The van der Waals surface area contributed by atoms with Gasteiger partial charge in [0.05, 0.1) is 12.2 Å². The first-order chi connectivity index (χ1) is 8.74. The number of pyridine rings is 1. The fraction of sp³-hybridized carbons (Fsp3) is 0.143. The molecular weight excluding hydrogens is 290 g/mol. The van der Waals surface area contributed by atoms with Crippen LogP contribution >= 0.6 is 15.9 Å². The molecule has 90 valence electrons. The molecule has 0 radical (unpaired) electrons. The van der Waals surface area contributed by atoms with Crippen molar-refractivity contribution in [2.45, 2.75) is 13.5 Å². The Balaban J connectivity index is 2.08. The molecule has 4 heteroatoms. The molecule has 0 saturated carbocycles. The molecule has 3 nitrogen and oxygen atoms in total. The number of nitrogens with zero attached hydrogens (tertiary/aromatic N) is 3. The predicted molar refractivity (Wildman–Crippen MR) is 75.5 cm³/mol. The first-order valence-corrected chi connectivity index (χ1v) is 6.56. The summed E-state index contributed by atoms with van der Waals surface area (Å²) in [4.78, 5) is 4.45. The highest BCUT2D eigenvalue weighted by Gasteiger charge is 2.09. The van der Waals surface area contributed by atoms with Gasteiger partial charge in [0, 0.05) is 16.1 Å². The molecule has 0 bridgehead atoms. The zero-order valence-electron chi connectivity index (χ0n) is 9.97. The lowest BCUT2D eigenvalue weighted by molar-refractivity contribution is 0.696. The first-order valence-electron chi connectivity index (χ1n) is 5.76. The van der Waals surface area contributed by atoms with Crippen molar-refractivity contribution >= 4 is 27.0 Å². The summed E-state index contributed by atoms with van der Waals surface area (Å²) in [5.74, 6) is 0. The molecule has 0 amide bonds. The minimum Gasteiger partial charge on any atom is -0.243 e. The number of fused-ring (bicyclic) bond motifs is 1. The van der Waals surface area contributed by atoms with Crippen LogP contribution in [-0.2, 0) is 6.54 Å². The van der Waals surface area contributed by atoms with Crippen LogP contribution in [-0.4, -0.2) is 14.8 Å². The van der Waals surface area contributed by atoms with E-state index in [1.807, 2.05) is 36.0 Å². The maximum Gasteiger partial charge on any atom is 0.158 e. The molecule has 0 N–H and O–H groups in total. The second-order valence-electron chi connectivity index (χ2n) is 4.25. The molecule has 0 aliphatic carbocycles. The van der Waals surface area contributed by atoms with E-state index < -0.39 is 0 Å². The van der Waals surface area contributed by atoms with Crippen molar-refractivity contribution < 1.29 is 0 Å². The number of aromatic nitrogens is 3. The Morgan fingerprint density at radius 1 is 1.22 bits per heavy atom. The molecule has 0 fully saturated rings. The summed E-state index contributed by atoms with van der Waals surface area (Å²) in [7, 11) is 0. The van der Waals surface area contributed by atoms with Crippen molar-refractivity contribution in [2.24, 2.45) is 0 Å². The number of hydrogen-bond donors (Lipinski definition) is 0. The van der Waals surface area contributed by atoms with Crippen LogP contribution in [0.2, 0.25) is 0 Å². The fourth-order valence-electron chi connectivity index (χ4n) is 2.05. The highest BCUT2D eigenvalue weighted by Crippen LogP contribution is 2.20. The Bertz CT molecular complexity index is 689. The van der Waals surface area contributed by atoms with Crippen LogP contribution in [0.4, 0.5) is 0 Å². The van der Waals surface area contributed by atoms with Crippen LogP contribution in [0.1, 0.15) is 11.3 Å². The van der Waals surface area contributed by atoms with Gasteiger partial charge in [-0.2, -0.15) is 5.10 Å². The summed E-state index contributed by atoms with van der Waals surface area (Å²) in [5, 5.41) is 5.66. The van der Waals surface area contributed by atoms with E-state index in [1.54, 1.807) is 0 Å². The second-order valence-corrected chi connectivity index (χ2v) is 5.17. The molecule has 3 aromatic rings. The lowest BCUT2D eigenvalue weighted by Crippen LogP contribution is -2.02. The lowest BCUT2D eigenvalue weighted by atomic mass is 10.2. The third-order valence-corrected chi connectivity index (χ3v) is 3.35. The fourth-order valence-corrected chi connectivity index (χ4v) is 2.38. The summed E-state index contributed by atoms with van der Waals surface area (Å²) in [6.07, 6.45) is 1.81. The molecule has 0 aliphatic rings. The number of rotatable bonds is 2. The Hall–Kier alpha value is -1.68. The molecule has 3 rings (SSSR count). The summed E-state index contributed by atoms with van der Waals surface area (Å²) in [5.41, 5.74) is 3.17. The lowest BCUT2D eigenvalue weighted by Gasteiger charge is -2.02. The van der Waals surface area contributed by atoms with Crippen LogP contribution < -0.4 is 0 Å². The van der Waals surface area contributed by atoms with Gasteiger partial charge in [-0.1, -0.05) is 30.3 Å². The maximum atomic E-state index is 4.56. The van der Waals surface area contributed by atoms with Gasteiger partial charge in [0.2, 0.25) is 0 Å². The van der Waals surface area contributed by atoms with E-state index in [0.29, 0.717) is 0 Å². The Kier molecular flexibility index (Phi) is 2.88. The minimum atomic E-state index is 0.750. The molecule has 0 atom stereocenters. The molecule has 0 saturated heterocycles. The highest BCUT2D eigenvalue weighted by molar-refractivity contribution is 9.10. The Morgan fingerprint density at radius 3 is 2.78 bits per heavy atom. The van der Waals surface area contributed by atoms with E-state index in [0.717, 1.165) is 27.7 Å². The van der Waals surface area contributed by atoms with Crippen molar-refractivity contribution in [3.8, 4) is 0 Å². The summed E-state index contributed by atoms with van der Waals surface area (Å²) < 4.78 is 2.93. The van der Waals surface area contributed by atoms with E-state index in [2.05, 4.69) is 44.2 Å². The standard InChI is InChI=1S/C14H12BrN3/c1-10-13-7-12(15)8-16-14(13)18(17-10)9-11-5-3-2-4-6-11/h2-8H,9H2,1H3. The zero-order valence-corrected chi connectivity index (χ0v) is 11.6. The van der Waals surface area contributed by atoms with E-state index in [-0.39, 0.29) is 0 Å². The monoisotopic (exact) mass is 301 g/mol. The Labute approximate surface area is 114 Å². The van der Waals surface area contributed by atoms with Gasteiger partial charge in [0.25, 0.3) is 0 Å². The van der Waals surface area contributed by atoms with Gasteiger partial charge in [-0.25, -0.2) is 9.67 Å². The predicted octanol–water partition coefficient (Wildman–Crippen LogP) is 3.55. The molecule has 2 aromatic heterocycles. The Morgan fingerprint density at radius 2 is 2.00 bits per heavy atom. The number of halogens is 1. The normalized spacial score (nSPS) is 11.0. The van der Waals surface area contributed by atoms with Crippen LogP contribution in [0, 0.1) is 6.92 Å². The number of hydrogen-bond acceptors (Lipinski definition) is 2. The molecule has 0 aliphatic heterocycles. The van der Waals surface area contributed by atoms with Crippen LogP contribution in [0.3, 0.4) is 0 Å². The van der Waals surface area contributed by atoms with Gasteiger partial charge in [-0.15, -0.1) is 0 Å². The maximum absolute atomic E-state index is 4.56. The zero-order chi connectivity index (χ0) is 12.5. The van der Waals surface area contributed by atoms with Crippen molar-refractivity contribution in [3.63, 3.8) is 0 Å². The molecule has 0 spiro atoms. The average Bonchev–Trinajstić information content (AvgIpc) is 2.67. The quantitative estimate of drug-likeness (QED) is 0.725. The third kappa shape index (κ3) is 2.04. The van der Waals surface area contributed by atoms with Crippen molar-refractivity contribution in [3.05, 3.63) is 58.3 Å². The molecule has 18 heavy (non-hydrogen) atoms. The van der Waals surface area contributed by atoms with Gasteiger partial charge in [0.15, 0.2) is 5.65 Å². The van der Waals surface area contributed by atoms with Gasteiger partial charge < -0.3 is 0 Å².